The van der Waals surface area contributed by atoms with E-state index in [1.165, 1.54) is 17.3 Å². The Labute approximate surface area is 306 Å². The summed E-state index contributed by atoms with van der Waals surface area (Å²) in [5.41, 5.74) is 3.26. The maximum Gasteiger partial charge on any atom is 0.259 e. The fraction of sp³-hybridized carbons (Fsp3) is 0.421. The number of amides is 4. The second-order valence-electron chi connectivity index (χ2n) is 14.5. The van der Waals surface area contributed by atoms with Crippen LogP contribution >= 0.6 is 0 Å². The van der Waals surface area contributed by atoms with Crippen molar-refractivity contribution in [3.05, 3.63) is 89.8 Å². The standard InChI is InChI=1S/C38H41N7O7S/c46-34(23-20-39-40-21-23)41-31-15-5-3-1-2-4-10-24-19-38(24,37(49)44-53(50,51)26-16-17-26)42-35(47)32-18-25(22-45(32)36(31)48)52-43-33-29-13-8-6-11-27(29)28-12-7-9-14-30(28)33/h4,6-14,20-21,24-26,31-32H,1-3,5,15-19,22H2,(H,39,40)(H,41,46)(H,42,47)(H,44,49)/b10-4-/t24?,25-,31+,32+,38?/m1/s1. The first-order valence-electron chi connectivity index (χ1n) is 18.2. The lowest BCUT2D eigenvalue weighted by atomic mass is 10.0. The molecule has 2 saturated carbocycles. The van der Waals surface area contributed by atoms with Crippen LogP contribution < -0.4 is 15.4 Å². The van der Waals surface area contributed by atoms with Crippen molar-refractivity contribution in [1.82, 2.24) is 30.5 Å². The van der Waals surface area contributed by atoms with E-state index in [-0.39, 0.29) is 24.9 Å². The second-order valence-corrected chi connectivity index (χ2v) is 16.5. The van der Waals surface area contributed by atoms with E-state index >= 15 is 0 Å². The number of H-pyrrole nitrogens is 1. The maximum absolute atomic E-state index is 14.5. The van der Waals surface area contributed by atoms with Gasteiger partial charge in [-0.3, -0.25) is 29.0 Å². The average molecular weight is 740 g/mol. The Hall–Kier alpha value is -5.31. The summed E-state index contributed by atoms with van der Waals surface area (Å²) in [4.78, 5) is 63.2. The number of oxime groups is 1. The highest BCUT2D eigenvalue weighted by Crippen LogP contribution is 2.46. The zero-order valence-electron chi connectivity index (χ0n) is 29.0. The molecule has 5 atom stereocenters. The van der Waals surface area contributed by atoms with E-state index in [2.05, 4.69) is 30.7 Å². The summed E-state index contributed by atoms with van der Waals surface area (Å²) in [5, 5.41) is 16.2. The minimum absolute atomic E-state index is 0.00629. The van der Waals surface area contributed by atoms with E-state index < -0.39 is 68.5 Å². The summed E-state index contributed by atoms with van der Waals surface area (Å²) in [7, 11) is -3.88. The van der Waals surface area contributed by atoms with E-state index in [1.54, 1.807) is 0 Å². The number of hydrogen-bond donors (Lipinski definition) is 4. The molecule has 3 aromatic rings. The van der Waals surface area contributed by atoms with Crippen molar-refractivity contribution in [3.8, 4) is 11.1 Å². The zero-order valence-corrected chi connectivity index (χ0v) is 29.8. The molecule has 14 nitrogen and oxygen atoms in total. The third kappa shape index (κ3) is 6.85. The van der Waals surface area contributed by atoms with Crippen LogP contribution in [0, 0.1) is 5.92 Å². The second kappa shape index (κ2) is 13.9. The van der Waals surface area contributed by atoms with E-state index in [9.17, 15) is 27.6 Å². The van der Waals surface area contributed by atoms with Gasteiger partial charge in [0.1, 0.15) is 29.4 Å². The molecule has 276 valence electrons. The van der Waals surface area contributed by atoms with Crippen LogP contribution in [0.1, 0.15) is 79.3 Å². The van der Waals surface area contributed by atoms with Gasteiger partial charge in [-0.25, -0.2) is 8.42 Å². The molecule has 0 radical (unpaired) electrons. The number of carbonyl (C=O) groups excluding carboxylic acids is 4. The molecule has 3 heterocycles. The lowest BCUT2D eigenvalue weighted by Crippen LogP contribution is -2.58. The zero-order chi connectivity index (χ0) is 36.7. The fourth-order valence-corrected chi connectivity index (χ4v) is 9.04. The van der Waals surface area contributed by atoms with Crippen LogP contribution in [0.5, 0.6) is 0 Å². The van der Waals surface area contributed by atoms with Crippen molar-refractivity contribution < 1.29 is 32.4 Å². The van der Waals surface area contributed by atoms with Crippen LogP contribution in [-0.2, 0) is 29.2 Å². The summed E-state index contributed by atoms with van der Waals surface area (Å²) in [6.45, 7) is -0.00629. The molecule has 2 aromatic carbocycles. The molecule has 8 rings (SSSR count). The van der Waals surface area contributed by atoms with E-state index in [0.717, 1.165) is 35.1 Å². The predicted octanol–water partition coefficient (Wildman–Crippen LogP) is 2.93. The average Bonchev–Trinajstić information content (AvgIpc) is 3.96. The highest BCUT2D eigenvalue weighted by molar-refractivity contribution is 7.91. The molecular formula is C38H41N7O7S. The number of aromatic nitrogens is 2. The largest absolute Gasteiger partial charge is 0.390 e. The Bertz CT molecular complexity index is 2070. The maximum atomic E-state index is 14.5. The highest BCUT2D eigenvalue weighted by atomic mass is 32.2. The number of aromatic amines is 1. The van der Waals surface area contributed by atoms with Gasteiger partial charge in [-0.1, -0.05) is 78.7 Å². The van der Waals surface area contributed by atoms with Crippen molar-refractivity contribution in [1.29, 1.82) is 0 Å². The lowest BCUT2D eigenvalue weighted by molar-refractivity contribution is -0.141. The van der Waals surface area contributed by atoms with Crippen LogP contribution in [0.15, 0.2) is 78.2 Å². The van der Waals surface area contributed by atoms with Gasteiger partial charge in [-0.05, 0) is 49.7 Å². The van der Waals surface area contributed by atoms with Crippen LogP contribution in [0.3, 0.4) is 0 Å². The summed E-state index contributed by atoms with van der Waals surface area (Å²) in [5.74, 6) is -2.76. The molecule has 4 amide bonds. The lowest BCUT2D eigenvalue weighted by Gasteiger charge is -2.29. The minimum Gasteiger partial charge on any atom is -0.390 e. The first kappa shape index (κ1) is 34.8. The van der Waals surface area contributed by atoms with Crippen molar-refractivity contribution in [2.45, 2.75) is 86.8 Å². The number of nitrogens with zero attached hydrogens (tertiary/aromatic N) is 3. The molecule has 15 heteroatoms. The number of carbonyl (C=O) groups is 4. The molecule has 5 aliphatic rings. The molecular weight excluding hydrogens is 699 g/mol. The molecule has 2 aliphatic heterocycles. The van der Waals surface area contributed by atoms with Crippen LogP contribution in [0.25, 0.3) is 11.1 Å². The monoisotopic (exact) mass is 739 g/mol. The van der Waals surface area contributed by atoms with Gasteiger partial charge < -0.3 is 20.4 Å². The molecule has 4 N–H and O–H groups in total. The van der Waals surface area contributed by atoms with Crippen molar-refractivity contribution in [2.75, 3.05) is 6.54 Å². The predicted molar refractivity (Wildman–Crippen MR) is 194 cm³/mol. The van der Waals surface area contributed by atoms with Crippen LogP contribution in [0.4, 0.5) is 0 Å². The number of allylic oxidation sites excluding steroid dienone is 1. The summed E-state index contributed by atoms with van der Waals surface area (Å²) in [6, 6.07) is 13.7. The summed E-state index contributed by atoms with van der Waals surface area (Å²) in [6.07, 6.45) is 10.4. The molecule has 0 bridgehead atoms. The Kier molecular flexibility index (Phi) is 9.13. The number of nitrogens with one attached hydrogen (secondary N) is 4. The van der Waals surface area contributed by atoms with E-state index in [4.69, 9.17) is 4.84 Å². The third-order valence-corrected chi connectivity index (χ3v) is 12.7. The smallest absolute Gasteiger partial charge is 0.259 e. The molecule has 2 unspecified atom stereocenters. The van der Waals surface area contributed by atoms with E-state index in [0.29, 0.717) is 37.8 Å². The number of benzene rings is 2. The van der Waals surface area contributed by atoms with Crippen LogP contribution in [0.2, 0.25) is 0 Å². The van der Waals surface area contributed by atoms with Gasteiger partial charge in [0.15, 0.2) is 0 Å². The van der Waals surface area contributed by atoms with Crippen LogP contribution in [-0.4, -0.2) is 88.4 Å². The summed E-state index contributed by atoms with van der Waals surface area (Å²) >= 11 is 0. The van der Waals surface area contributed by atoms with Gasteiger partial charge in [0.05, 0.1) is 23.6 Å². The molecule has 3 fully saturated rings. The van der Waals surface area contributed by atoms with Crippen molar-refractivity contribution in [2.24, 2.45) is 11.1 Å². The summed E-state index contributed by atoms with van der Waals surface area (Å²) < 4.78 is 27.9. The third-order valence-electron chi connectivity index (χ3n) is 10.9. The molecule has 0 spiro atoms. The molecule has 53 heavy (non-hydrogen) atoms. The normalized spacial score (nSPS) is 27.5. The Morgan fingerprint density at radius 2 is 1.68 bits per heavy atom. The Morgan fingerprint density at radius 1 is 0.962 bits per heavy atom. The number of rotatable bonds is 7. The Balaban J connectivity index is 1.10. The first-order chi connectivity index (χ1) is 25.6. The topological polar surface area (TPSA) is 192 Å². The minimum atomic E-state index is -3.88. The number of sulfonamides is 1. The number of hydrogen-bond acceptors (Lipinski definition) is 9. The molecule has 3 aliphatic carbocycles. The van der Waals surface area contributed by atoms with Gasteiger partial charge in [0.25, 0.3) is 11.8 Å². The van der Waals surface area contributed by atoms with Gasteiger partial charge >= 0.3 is 0 Å². The first-order valence-corrected chi connectivity index (χ1v) is 19.8. The quantitative estimate of drug-likeness (QED) is 0.164. The van der Waals surface area contributed by atoms with Crippen molar-refractivity contribution >= 4 is 39.4 Å². The van der Waals surface area contributed by atoms with Crippen molar-refractivity contribution in [3.63, 3.8) is 0 Å². The van der Waals surface area contributed by atoms with Gasteiger partial charge in [0.2, 0.25) is 21.8 Å². The van der Waals surface area contributed by atoms with Gasteiger partial charge in [-0.15, -0.1) is 0 Å². The fourth-order valence-electron chi connectivity index (χ4n) is 7.67. The molecule has 1 aromatic heterocycles. The van der Waals surface area contributed by atoms with Gasteiger partial charge in [0, 0.05) is 29.7 Å². The molecule has 1 saturated heterocycles. The van der Waals surface area contributed by atoms with Gasteiger partial charge in [-0.2, -0.15) is 5.10 Å². The number of fused-ring (bicyclic) bond motifs is 5. The highest BCUT2D eigenvalue weighted by Gasteiger charge is 2.62. The SMILES string of the molecule is O=C(N[C@H]1CCCCC/C=C\C2CC2(C(=O)NS(=O)(=O)C2CC2)NC(=O)[C@@H]2C[C@@H](ON=C3c4ccccc4-c4ccccc43)CN2C1=O)c1cn[nH]c1. The van der Waals surface area contributed by atoms with E-state index in [1.807, 2.05) is 60.7 Å². The Morgan fingerprint density at radius 3 is 2.36 bits per heavy atom.